The Morgan fingerprint density at radius 1 is 1.00 bits per heavy atom. The maximum atomic E-state index is 13.0. The van der Waals surface area contributed by atoms with Crippen molar-refractivity contribution in [1.82, 2.24) is 4.90 Å². The number of halogens is 1. The summed E-state index contributed by atoms with van der Waals surface area (Å²) in [6, 6.07) is 11.4. The molecule has 7 heteroatoms. The molecule has 176 valence electrons. The fraction of sp³-hybridized carbons (Fsp3) is 0.385. The molecule has 1 unspecified atom stereocenters. The Bertz CT molecular complexity index is 1030. The lowest BCUT2D eigenvalue weighted by molar-refractivity contribution is -0.139. The largest absolute Gasteiger partial charge is 0.507 e. The quantitative estimate of drug-likeness (QED) is 0.206. The number of amides is 1. The second kappa shape index (κ2) is 11.2. The molecule has 3 rings (SSSR count). The number of benzene rings is 2. The number of aliphatic hydroxyl groups excluding tert-OH is 1. The van der Waals surface area contributed by atoms with Gasteiger partial charge in [-0.1, -0.05) is 44.0 Å². The predicted molar refractivity (Wildman–Crippen MR) is 129 cm³/mol. The van der Waals surface area contributed by atoms with Gasteiger partial charge in [0.1, 0.15) is 17.3 Å². The van der Waals surface area contributed by atoms with Crippen LogP contribution in [-0.2, 0) is 9.59 Å². The Balaban J connectivity index is 2.07. The number of Topliss-reactive ketones (excluding diaryl/α,β-unsaturated/α-hetero) is 1. The first-order valence-electron chi connectivity index (χ1n) is 11.4. The van der Waals surface area contributed by atoms with Crippen molar-refractivity contribution in [1.29, 1.82) is 0 Å². The van der Waals surface area contributed by atoms with Crippen LogP contribution < -0.4 is 9.47 Å². The van der Waals surface area contributed by atoms with E-state index in [1.54, 1.807) is 18.2 Å². The topological polar surface area (TPSA) is 76.1 Å². The van der Waals surface area contributed by atoms with Crippen LogP contribution in [0.5, 0.6) is 11.5 Å². The number of aliphatic hydroxyl groups is 1. The van der Waals surface area contributed by atoms with Gasteiger partial charge in [-0.2, -0.15) is 0 Å². The van der Waals surface area contributed by atoms with Gasteiger partial charge in [-0.25, -0.2) is 0 Å². The molecule has 0 spiro atoms. The monoisotopic (exact) mass is 471 g/mol. The minimum Gasteiger partial charge on any atom is -0.507 e. The highest BCUT2D eigenvalue weighted by atomic mass is 35.5. The van der Waals surface area contributed by atoms with Crippen molar-refractivity contribution in [3.05, 3.63) is 64.2 Å². The maximum Gasteiger partial charge on any atom is 0.295 e. The zero-order valence-electron chi connectivity index (χ0n) is 19.3. The molecule has 1 amide bonds. The van der Waals surface area contributed by atoms with E-state index < -0.39 is 17.7 Å². The number of unbranched alkanes of at least 4 members (excludes halogenated alkanes) is 1. The summed E-state index contributed by atoms with van der Waals surface area (Å²) >= 11 is 6.35. The number of hydrogen-bond acceptors (Lipinski definition) is 5. The predicted octanol–water partition coefficient (Wildman–Crippen LogP) is 5.75. The second-order valence-corrected chi connectivity index (χ2v) is 8.25. The Labute approximate surface area is 199 Å². The van der Waals surface area contributed by atoms with Crippen LogP contribution in [0.1, 0.15) is 57.2 Å². The lowest BCUT2D eigenvalue weighted by atomic mass is 9.95. The molecule has 1 heterocycles. The number of ether oxygens (including phenoxy) is 2. The van der Waals surface area contributed by atoms with Crippen molar-refractivity contribution in [3.63, 3.8) is 0 Å². The van der Waals surface area contributed by atoms with Crippen molar-refractivity contribution >= 4 is 29.1 Å². The van der Waals surface area contributed by atoms with Crippen LogP contribution in [0.2, 0.25) is 5.02 Å². The molecule has 0 bridgehead atoms. The number of hydrogen-bond donors (Lipinski definition) is 1. The van der Waals surface area contributed by atoms with Gasteiger partial charge in [0, 0.05) is 12.1 Å². The lowest BCUT2D eigenvalue weighted by Crippen LogP contribution is -2.30. The van der Waals surface area contributed by atoms with Crippen molar-refractivity contribution in [2.45, 2.75) is 46.1 Å². The van der Waals surface area contributed by atoms with E-state index in [0.29, 0.717) is 43.2 Å². The zero-order valence-corrected chi connectivity index (χ0v) is 20.0. The summed E-state index contributed by atoms with van der Waals surface area (Å²) in [6.45, 7) is 7.32. The Hall–Kier alpha value is -2.99. The van der Waals surface area contributed by atoms with Crippen LogP contribution in [0.4, 0.5) is 0 Å². The van der Waals surface area contributed by atoms with Gasteiger partial charge in [0.15, 0.2) is 0 Å². The smallest absolute Gasteiger partial charge is 0.295 e. The first-order valence-corrected chi connectivity index (χ1v) is 11.7. The third kappa shape index (κ3) is 5.33. The zero-order chi connectivity index (χ0) is 24.0. The number of likely N-dealkylation sites (tertiary alicyclic amines) is 1. The molecule has 0 aromatic heterocycles. The summed E-state index contributed by atoms with van der Waals surface area (Å²) in [7, 11) is 0. The van der Waals surface area contributed by atoms with Gasteiger partial charge in [0.05, 0.1) is 29.9 Å². The minimum atomic E-state index is -0.730. The summed E-state index contributed by atoms with van der Waals surface area (Å²) in [4.78, 5) is 27.4. The molecule has 0 aliphatic carbocycles. The lowest BCUT2D eigenvalue weighted by Gasteiger charge is -2.25. The van der Waals surface area contributed by atoms with E-state index >= 15 is 0 Å². The van der Waals surface area contributed by atoms with Gasteiger partial charge in [-0.05, 0) is 55.7 Å². The molecule has 2 aromatic rings. The molecule has 1 fully saturated rings. The molecular formula is C26H30ClNO5. The summed E-state index contributed by atoms with van der Waals surface area (Å²) in [5.74, 6) is -0.453. The molecule has 1 atom stereocenters. The highest BCUT2D eigenvalue weighted by Gasteiger charge is 2.45. The van der Waals surface area contributed by atoms with Crippen LogP contribution in [0.25, 0.3) is 5.76 Å². The number of ketones is 1. The minimum absolute atomic E-state index is 0.0173. The fourth-order valence-corrected chi connectivity index (χ4v) is 4.07. The first kappa shape index (κ1) is 24.6. The van der Waals surface area contributed by atoms with Gasteiger partial charge in [-0.15, -0.1) is 0 Å². The van der Waals surface area contributed by atoms with Crippen LogP contribution in [-0.4, -0.2) is 41.5 Å². The van der Waals surface area contributed by atoms with Gasteiger partial charge in [0.25, 0.3) is 11.7 Å². The summed E-state index contributed by atoms with van der Waals surface area (Å²) in [6.07, 6.45) is 2.67. The first-order chi connectivity index (χ1) is 15.9. The van der Waals surface area contributed by atoms with E-state index in [-0.39, 0.29) is 21.9 Å². The molecule has 33 heavy (non-hydrogen) atoms. The van der Waals surface area contributed by atoms with E-state index in [1.807, 2.05) is 38.1 Å². The highest BCUT2D eigenvalue weighted by Crippen LogP contribution is 2.41. The molecule has 1 N–H and O–H groups in total. The second-order valence-electron chi connectivity index (χ2n) is 7.84. The van der Waals surface area contributed by atoms with Crippen LogP contribution in [0.3, 0.4) is 0 Å². The van der Waals surface area contributed by atoms with E-state index in [9.17, 15) is 14.7 Å². The molecule has 1 saturated heterocycles. The summed E-state index contributed by atoms with van der Waals surface area (Å²) < 4.78 is 11.3. The van der Waals surface area contributed by atoms with E-state index in [4.69, 9.17) is 21.1 Å². The Morgan fingerprint density at radius 2 is 1.70 bits per heavy atom. The maximum absolute atomic E-state index is 13.0. The van der Waals surface area contributed by atoms with Gasteiger partial charge >= 0.3 is 0 Å². The van der Waals surface area contributed by atoms with Crippen molar-refractivity contribution in [2.24, 2.45) is 0 Å². The van der Waals surface area contributed by atoms with Gasteiger partial charge < -0.3 is 19.5 Å². The van der Waals surface area contributed by atoms with Crippen LogP contribution in [0, 0.1) is 0 Å². The summed E-state index contributed by atoms with van der Waals surface area (Å²) in [5, 5.41) is 11.5. The molecule has 0 saturated carbocycles. The standard InChI is InChI=1S/C26H30ClNO5/c1-4-7-15-33-18-10-8-17(9-11-18)23-22(25(30)26(31)28(23)14-5-2)24(29)20-16-19(32-6-3)12-13-21(20)27/h8-13,16,23,29H,4-7,14-15H2,1-3H3/b24-22+. The number of carbonyl (C=O) groups excluding carboxylic acids is 2. The van der Waals surface area contributed by atoms with E-state index in [1.165, 1.54) is 4.90 Å². The van der Waals surface area contributed by atoms with E-state index in [0.717, 1.165) is 12.8 Å². The normalized spacial score (nSPS) is 17.5. The molecule has 6 nitrogen and oxygen atoms in total. The van der Waals surface area contributed by atoms with Crippen LogP contribution >= 0.6 is 11.6 Å². The van der Waals surface area contributed by atoms with Gasteiger partial charge in [0.2, 0.25) is 0 Å². The van der Waals surface area contributed by atoms with E-state index in [2.05, 4.69) is 6.92 Å². The van der Waals surface area contributed by atoms with Crippen molar-refractivity contribution < 1.29 is 24.2 Å². The molecular weight excluding hydrogens is 442 g/mol. The van der Waals surface area contributed by atoms with Crippen molar-refractivity contribution in [3.8, 4) is 11.5 Å². The number of rotatable bonds is 10. The Morgan fingerprint density at radius 3 is 2.33 bits per heavy atom. The Kier molecular flexibility index (Phi) is 8.39. The summed E-state index contributed by atoms with van der Waals surface area (Å²) in [5.41, 5.74) is 0.981. The number of nitrogens with zero attached hydrogens (tertiary/aromatic N) is 1. The van der Waals surface area contributed by atoms with Gasteiger partial charge in [-0.3, -0.25) is 9.59 Å². The SMILES string of the molecule is CCCCOc1ccc(C2/C(=C(\O)c3cc(OCC)ccc3Cl)C(=O)C(=O)N2CCC)cc1. The highest BCUT2D eigenvalue weighted by molar-refractivity contribution is 6.47. The molecule has 1 aliphatic rings. The third-order valence-electron chi connectivity index (χ3n) is 5.47. The van der Waals surface area contributed by atoms with Crippen LogP contribution in [0.15, 0.2) is 48.0 Å². The number of carbonyl (C=O) groups is 2. The molecule has 0 radical (unpaired) electrons. The molecule has 1 aliphatic heterocycles. The fourth-order valence-electron chi connectivity index (χ4n) is 3.87. The third-order valence-corrected chi connectivity index (χ3v) is 5.80. The average molecular weight is 472 g/mol. The van der Waals surface area contributed by atoms with Crippen molar-refractivity contribution in [2.75, 3.05) is 19.8 Å². The average Bonchev–Trinajstić information content (AvgIpc) is 3.06. The molecule has 2 aromatic carbocycles.